The van der Waals surface area contributed by atoms with Crippen molar-refractivity contribution >= 4 is 46.1 Å². The van der Waals surface area contributed by atoms with Crippen LogP contribution in [0.5, 0.6) is 0 Å². The van der Waals surface area contributed by atoms with Gasteiger partial charge in [0.25, 0.3) is 11.5 Å². The smallest absolute Gasteiger partial charge is 0.270 e. The van der Waals surface area contributed by atoms with Crippen molar-refractivity contribution in [1.82, 2.24) is 9.47 Å². The van der Waals surface area contributed by atoms with Crippen LogP contribution in [-0.2, 0) is 17.9 Å². The van der Waals surface area contributed by atoms with Crippen molar-refractivity contribution in [2.45, 2.75) is 46.7 Å². The fourth-order valence-electron chi connectivity index (χ4n) is 4.69. The summed E-state index contributed by atoms with van der Waals surface area (Å²) in [4.78, 5) is 30.9. The molecule has 0 N–H and O–H groups in total. The Hall–Kier alpha value is -2.89. The van der Waals surface area contributed by atoms with E-state index in [0.717, 1.165) is 42.9 Å². The summed E-state index contributed by atoms with van der Waals surface area (Å²) >= 11 is 6.82. The fourth-order valence-corrected chi connectivity index (χ4v) is 5.93. The molecule has 2 fully saturated rings. The predicted molar refractivity (Wildman–Crippen MR) is 142 cm³/mol. The summed E-state index contributed by atoms with van der Waals surface area (Å²) < 4.78 is 2.19. The van der Waals surface area contributed by atoms with Crippen LogP contribution in [0.4, 0.5) is 5.82 Å². The van der Waals surface area contributed by atoms with Crippen molar-refractivity contribution in [2.24, 2.45) is 5.92 Å². The van der Waals surface area contributed by atoms with Gasteiger partial charge in [-0.3, -0.25) is 19.1 Å². The summed E-state index contributed by atoms with van der Waals surface area (Å²) in [7, 11) is 0. The molecule has 0 bridgehead atoms. The van der Waals surface area contributed by atoms with Crippen molar-refractivity contribution < 1.29 is 4.79 Å². The van der Waals surface area contributed by atoms with Crippen LogP contribution in [0.2, 0.25) is 0 Å². The van der Waals surface area contributed by atoms with E-state index in [1.54, 1.807) is 16.4 Å². The summed E-state index contributed by atoms with van der Waals surface area (Å²) in [6.07, 6.45) is 4.02. The number of thiocarbonyl (C=S) groups is 1. The zero-order chi connectivity index (χ0) is 24.4. The largest absolute Gasteiger partial charge is 0.357 e. The first kappa shape index (κ1) is 24.2. The highest BCUT2D eigenvalue weighted by Gasteiger charge is 2.33. The lowest BCUT2D eigenvalue weighted by Gasteiger charge is -2.35. The van der Waals surface area contributed by atoms with E-state index in [-0.39, 0.29) is 17.0 Å². The second kappa shape index (κ2) is 10.2. The Morgan fingerprint density at radius 3 is 2.65 bits per heavy atom. The highest BCUT2D eigenvalue weighted by atomic mass is 32.2. The quantitative estimate of drug-likeness (QED) is 0.446. The number of thioether (sulfide) groups is 1. The number of anilines is 1. The molecule has 8 heteroatoms. The van der Waals surface area contributed by atoms with Crippen LogP contribution < -0.4 is 10.5 Å². The van der Waals surface area contributed by atoms with E-state index in [0.29, 0.717) is 33.8 Å². The van der Waals surface area contributed by atoms with Crippen molar-refractivity contribution in [3.8, 4) is 6.07 Å². The van der Waals surface area contributed by atoms with Crippen LogP contribution in [0.25, 0.3) is 6.08 Å². The van der Waals surface area contributed by atoms with Crippen molar-refractivity contribution in [3.63, 3.8) is 0 Å². The van der Waals surface area contributed by atoms with Gasteiger partial charge in [0.15, 0.2) is 0 Å². The molecule has 176 valence electrons. The molecule has 1 atom stereocenters. The second-order valence-corrected chi connectivity index (χ2v) is 10.5. The minimum Gasteiger partial charge on any atom is -0.357 e. The maximum absolute atomic E-state index is 13.4. The summed E-state index contributed by atoms with van der Waals surface area (Å²) in [6, 6.07) is 11.9. The number of hydrogen-bond donors (Lipinski definition) is 0. The lowest BCUT2D eigenvalue weighted by molar-refractivity contribution is -0.122. The topological polar surface area (TPSA) is 69.3 Å². The number of rotatable bonds is 5. The first-order valence-electron chi connectivity index (χ1n) is 11.6. The molecule has 1 aromatic heterocycles. The molecule has 1 amide bonds. The molecule has 0 saturated carbocycles. The average Bonchev–Trinajstić information content (AvgIpc) is 3.09. The van der Waals surface area contributed by atoms with Crippen molar-refractivity contribution in [3.05, 3.63) is 67.8 Å². The van der Waals surface area contributed by atoms with E-state index in [4.69, 9.17) is 12.2 Å². The molecule has 2 aliphatic heterocycles. The predicted octanol–water partition coefficient (Wildman–Crippen LogP) is 4.69. The third-order valence-electron chi connectivity index (χ3n) is 6.45. The van der Waals surface area contributed by atoms with E-state index in [1.807, 2.05) is 43.3 Å². The fraction of sp³-hybridized carbons (Fsp3) is 0.385. The van der Waals surface area contributed by atoms with Gasteiger partial charge in [0.05, 0.1) is 11.4 Å². The molecule has 1 unspecified atom stereocenters. The van der Waals surface area contributed by atoms with Gasteiger partial charge < -0.3 is 4.90 Å². The molecular formula is C26H28N4O2S2. The van der Waals surface area contributed by atoms with E-state index in [2.05, 4.69) is 17.9 Å². The third-order valence-corrected chi connectivity index (χ3v) is 7.83. The molecule has 2 saturated heterocycles. The number of nitriles is 1. The zero-order valence-electron chi connectivity index (χ0n) is 19.7. The average molecular weight is 493 g/mol. The maximum Gasteiger partial charge on any atom is 0.270 e. The van der Waals surface area contributed by atoms with Gasteiger partial charge in [-0.15, -0.1) is 0 Å². The molecule has 4 rings (SSSR count). The van der Waals surface area contributed by atoms with Gasteiger partial charge in [0, 0.05) is 25.2 Å². The summed E-state index contributed by atoms with van der Waals surface area (Å²) in [5.41, 5.74) is 2.22. The molecular weight excluding hydrogens is 464 g/mol. The minimum absolute atomic E-state index is 0.127. The second-order valence-electron chi connectivity index (χ2n) is 8.85. The first-order valence-corrected chi connectivity index (χ1v) is 12.8. The molecule has 2 aliphatic rings. The van der Waals surface area contributed by atoms with E-state index in [1.165, 1.54) is 11.8 Å². The van der Waals surface area contributed by atoms with Gasteiger partial charge in [-0.25, -0.2) is 0 Å². The monoisotopic (exact) mass is 492 g/mol. The molecule has 0 radical (unpaired) electrons. The molecule has 1 aromatic carbocycles. The molecule has 2 aromatic rings. The number of pyridine rings is 1. The van der Waals surface area contributed by atoms with E-state index >= 15 is 0 Å². The first-order chi connectivity index (χ1) is 16.3. The van der Waals surface area contributed by atoms with Crippen LogP contribution in [0, 0.1) is 24.2 Å². The Morgan fingerprint density at radius 1 is 1.26 bits per heavy atom. The zero-order valence-corrected chi connectivity index (χ0v) is 21.3. The molecule has 6 nitrogen and oxygen atoms in total. The molecule has 0 spiro atoms. The number of aromatic nitrogens is 1. The molecule has 0 aliphatic carbocycles. The summed E-state index contributed by atoms with van der Waals surface area (Å²) in [5.74, 6) is 1.15. The number of amides is 1. The van der Waals surface area contributed by atoms with Crippen LogP contribution in [-0.4, -0.2) is 32.8 Å². The number of carbonyl (C=O) groups excluding carboxylic acids is 1. The van der Waals surface area contributed by atoms with E-state index in [9.17, 15) is 14.9 Å². The Labute approximate surface area is 209 Å². The van der Waals surface area contributed by atoms with Gasteiger partial charge in [0.1, 0.15) is 21.8 Å². The summed E-state index contributed by atoms with van der Waals surface area (Å²) in [5, 5.41) is 9.75. The summed E-state index contributed by atoms with van der Waals surface area (Å²) in [6.45, 7) is 8.46. The van der Waals surface area contributed by atoms with Gasteiger partial charge in [-0.05, 0) is 49.8 Å². The van der Waals surface area contributed by atoms with Crippen LogP contribution in [0.1, 0.15) is 48.9 Å². The van der Waals surface area contributed by atoms with E-state index < -0.39 is 0 Å². The molecule has 34 heavy (non-hydrogen) atoms. The normalized spacial score (nSPS) is 19.7. The Morgan fingerprint density at radius 2 is 2.00 bits per heavy atom. The standard InChI is InChI=1S/C26H28N4O2S2/c1-4-29-23(28-12-8-9-17(2)15-28)20(18(3)21(14-27)24(29)31)13-22-25(32)30(26(33)34-22)16-19-10-6-5-7-11-19/h5-7,10-11,13,17H,4,8-9,12,15-16H2,1-3H3/b22-13-. The lowest BCUT2D eigenvalue weighted by Crippen LogP contribution is -2.40. The van der Waals surface area contributed by atoms with Crippen molar-refractivity contribution in [1.29, 1.82) is 5.26 Å². The van der Waals surface area contributed by atoms with Crippen LogP contribution in [0.15, 0.2) is 40.0 Å². The van der Waals surface area contributed by atoms with Crippen LogP contribution >= 0.6 is 24.0 Å². The molecule has 3 heterocycles. The minimum atomic E-state index is -0.274. The number of nitrogens with zero attached hydrogens (tertiary/aromatic N) is 4. The Balaban J connectivity index is 1.82. The van der Waals surface area contributed by atoms with Gasteiger partial charge >= 0.3 is 0 Å². The number of hydrogen-bond acceptors (Lipinski definition) is 6. The SMILES string of the molecule is CCn1c(N2CCCC(C)C2)c(/C=C2\SC(=S)N(Cc3ccccc3)C2=O)c(C)c(C#N)c1=O. The Bertz CT molecular complexity index is 1260. The van der Waals surface area contributed by atoms with Gasteiger partial charge in [0.2, 0.25) is 0 Å². The maximum atomic E-state index is 13.4. The third kappa shape index (κ3) is 4.55. The van der Waals surface area contributed by atoms with Crippen molar-refractivity contribution in [2.75, 3.05) is 18.0 Å². The van der Waals surface area contributed by atoms with Gasteiger partial charge in [-0.1, -0.05) is 61.2 Å². The van der Waals surface area contributed by atoms with Crippen LogP contribution in [0.3, 0.4) is 0 Å². The number of carbonyl (C=O) groups is 1. The number of piperidine rings is 1. The Kier molecular flexibility index (Phi) is 7.24. The highest BCUT2D eigenvalue weighted by molar-refractivity contribution is 8.26. The lowest BCUT2D eigenvalue weighted by atomic mass is 9.98. The van der Waals surface area contributed by atoms with Gasteiger partial charge in [-0.2, -0.15) is 5.26 Å². The number of benzene rings is 1. The highest BCUT2D eigenvalue weighted by Crippen LogP contribution is 2.37.